The van der Waals surface area contributed by atoms with Gasteiger partial charge in [-0.2, -0.15) is 0 Å². The van der Waals surface area contributed by atoms with Gasteiger partial charge in [-0.15, -0.1) is 0 Å². The molecule has 2 aromatic carbocycles. The Kier molecular flexibility index (Phi) is 6.30. The molecule has 158 valence electrons. The zero-order chi connectivity index (χ0) is 22.4. The molecule has 0 aliphatic carbocycles. The summed E-state index contributed by atoms with van der Waals surface area (Å²) in [5.41, 5.74) is 9.90. The second-order valence-corrected chi connectivity index (χ2v) is 6.16. The Labute approximate surface area is 174 Å². The second-order valence-electron chi connectivity index (χ2n) is 6.16. The quantitative estimate of drug-likeness (QED) is 0.333. The molecule has 12 heteroatoms. The second kappa shape index (κ2) is 9.26. The SMILES string of the molecule is Cc1ccccc1C(=O)NNc1ncnc(NNC(=O)c2ccc(F)cc2)c1[N+](=O)[O-]. The maximum Gasteiger partial charge on any atom is 0.356 e. The Morgan fingerprint density at radius 2 is 1.52 bits per heavy atom. The van der Waals surface area contributed by atoms with Gasteiger partial charge in [-0.3, -0.25) is 41.4 Å². The topological polar surface area (TPSA) is 151 Å². The summed E-state index contributed by atoms with van der Waals surface area (Å²) in [7, 11) is 0. The monoisotopic (exact) mass is 425 g/mol. The third-order valence-corrected chi connectivity index (χ3v) is 4.09. The number of hydrogen-bond acceptors (Lipinski definition) is 8. The minimum absolute atomic E-state index is 0.120. The van der Waals surface area contributed by atoms with Crippen molar-refractivity contribution in [3.63, 3.8) is 0 Å². The highest BCUT2D eigenvalue weighted by Gasteiger charge is 2.24. The van der Waals surface area contributed by atoms with E-state index in [0.717, 1.165) is 18.5 Å². The molecule has 0 atom stereocenters. The summed E-state index contributed by atoms with van der Waals surface area (Å²) in [6, 6.07) is 11.5. The molecule has 11 nitrogen and oxygen atoms in total. The van der Waals surface area contributed by atoms with Crippen LogP contribution in [-0.4, -0.2) is 26.7 Å². The molecule has 0 bridgehead atoms. The van der Waals surface area contributed by atoms with Gasteiger partial charge in [0.05, 0.1) is 4.92 Å². The van der Waals surface area contributed by atoms with E-state index in [2.05, 4.69) is 31.7 Å². The summed E-state index contributed by atoms with van der Waals surface area (Å²) in [6.07, 6.45) is 1.00. The fraction of sp³-hybridized carbons (Fsp3) is 0.0526. The molecule has 0 unspecified atom stereocenters. The lowest BCUT2D eigenvalue weighted by Gasteiger charge is -2.12. The van der Waals surface area contributed by atoms with Crippen LogP contribution in [0.5, 0.6) is 0 Å². The van der Waals surface area contributed by atoms with Crippen molar-refractivity contribution >= 4 is 29.1 Å². The van der Waals surface area contributed by atoms with Gasteiger partial charge < -0.3 is 0 Å². The lowest BCUT2D eigenvalue weighted by atomic mass is 10.1. The van der Waals surface area contributed by atoms with Gasteiger partial charge in [-0.1, -0.05) is 18.2 Å². The van der Waals surface area contributed by atoms with E-state index in [4.69, 9.17) is 0 Å². The first-order valence-electron chi connectivity index (χ1n) is 8.80. The number of halogens is 1. The minimum Gasteiger partial charge on any atom is -0.276 e. The van der Waals surface area contributed by atoms with Crippen molar-refractivity contribution in [3.05, 3.63) is 87.5 Å². The number of nitro groups is 1. The lowest BCUT2D eigenvalue weighted by molar-refractivity contribution is -0.383. The van der Waals surface area contributed by atoms with E-state index < -0.39 is 28.2 Å². The summed E-state index contributed by atoms with van der Waals surface area (Å²) in [6.45, 7) is 1.74. The molecule has 3 aromatic rings. The van der Waals surface area contributed by atoms with Crippen LogP contribution in [0.15, 0.2) is 54.9 Å². The molecule has 1 aromatic heterocycles. The molecular formula is C19H16FN7O4. The van der Waals surface area contributed by atoms with E-state index in [-0.39, 0.29) is 17.2 Å². The third-order valence-electron chi connectivity index (χ3n) is 4.09. The van der Waals surface area contributed by atoms with E-state index in [1.165, 1.54) is 12.1 Å². The molecule has 0 saturated heterocycles. The molecule has 31 heavy (non-hydrogen) atoms. The third kappa shape index (κ3) is 5.06. The average molecular weight is 425 g/mol. The van der Waals surface area contributed by atoms with Gasteiger partial charge in [-0.05, 0) is 42.8 Å². The van der Waals surface area contributed by atoms with Gasteiger partial charge in [0.15, 0.2) is 0 Å². The molecule has 0 aliphatic rings. The number of benzene rings is 2. The number of nitrogens with one attached hydrogen (secondary N) is 4. The number of carbonyl (C=O) groups excluding carboxylic acids is 2. The normalized spacial score (nSPS) is 10.1. The van der Waals surface area contributed by atoms with E-state index >= 15 is 0 Å². The average Bonchev–Trinajstić information content (AvgIpc) is 2.76. The van der Waals surface area contributed by atoms with Crippen molar-refractivity contribution in [2.75, 3.05) is 10.9 Å². The van der Waals surface area contributed by atoms with Crippen molar-refractivity contribution < 1.29 is 18.9 Å². The van der Waals surface area contributed by atoms with Crippen molar-refractivity contribution in [2.24, 2.45) is 0 Å². The largest absolute Gasteiger partial charge is 0.356 e. The van der Waals surface area contributed by atoms with Gasteiger partial charge in [0.2, 0.25) is 11.6 Å². The minimum atomic E-state index is -0.783. The predicted molar refractivity (Wildman–Crippen MR) is 108 cm³/mol. The standard InChI is InChI=1S/C19H16FN7O4/c1-11-4-2-3-5-14(11)19(29)26-24-17-15(27(30)31)16(21-10-22-17)23-25-18(28)12-6-8-13(20)9-7-12/h2-10H,1H3,(H,25,28)(H,26,29)(H2,21,22,23,24). The van der Waals surface area contributed by atoms with Crippen LogP contribution < -0.4 is 21.7 Å². The zero-order valence-corrected chi connectivity index (χ0v) is 16.0. The van der Waals surface area contributed by atoms with Gasteiger partial charge in [0.25, 0.3) is 11.8 Å². The maximum absolute atomic E-state index is 13.0. The highest BCUT2D eigenvalue weighted by Crippen LogP contribution is 2.27. The Bertz CT molecular complexity index is 1140. The predicted octanol–water partition coefficient (Wildman–Crippen LogP) is 2.35. The van der Waals surface area contributed by atoms with Gasteiger partial charge in [0, 0.05) is 11.1 Å². The number of aryl methyl sites for hydroxylation is 1. The zero-order valence-electron chi connectivity index (χ0n) is 16.0. The molecular weight excluding hydrogens is 409 g/mol. The van der Waals surface area contributed by atoms with Crippen molar-refractivity contribution in [3.8, 4) is 0 Å². The number of rotatable bonds is 7. The Morgan fingerprint density at radius 3 is 2.10 bits per heavy atom. The summed E-state index contributed by atoms with van der Waals surface area (Å²) in [5, 5.41) is 11.5. The summed E-state index contributed by atoms with van der Waals surface area (Å²) >= 11 is 0. The van der Waals surface area contributed by atoms with Crippen LogP contribution in [0, 0.1) is 22.9 Å². The van der Waals surface area contributed by atoms with Crippen LogP contribution in [0.1, 0.15) is 26.3 Å². The summed E-state index contributed by atoms with van der Waals surface area (Å²) in [5.74, 6) is -2.34. The molecule has 4 N–H and O–H groups in total. The first-order chi connectivity index (χ1) is 14.9. The highest BCUT2D eigenvalue weighted by atomic mass is 19.1. The molecule has 0 fully saturated rings. The molecule has 0 aliphatic heterocycles. The van der Waals surface area contributed by atoms with Gasteiger partial charge in [0.1, 0.15) is 12.1 Å². The number of carbonyl (C=O) groups is 2. The number of hydrazine groups is 2. The van der Waals surface area contributed by atoms with Crippen LogP contribution in [-0.2, 0) is 0 Å². The first-order valence-corrected chi connectivity index (χ1v) is 8.80. The molecule has 0 spiro atoms. The molecule has 1 heterocycles. The molecule has 3 rings (SSSR count). The molecule has 2 amide bonds. The van der Waals surface area contributed by atoms with E-state index in [0.29, 0.717) is 11.1 Å². The number of nitrogens with zero attached hydrogens (tertiary/aromatic N) is 3. The smallest absolute Gasteiger partial charge is 0.276 e. The lowest BCUT2D eigenvalue weighted by Crippen LogP contribution is -2.32. The fourth-order valence-electron chi connectivity index (χ4n) is 2.54. The van der Waals surface area contributed by atoms with E-state index in [1.807, 2.05) is 0 Å². The molecule has 0 radical (unpaired) electrons. The number of aromatic nitrogens is 2. The molecule has 0 saturated carbocycles. The highest BCUT2D eigenvalue weighted by molar-refractivity contribution is 5.96. The van der Waals surface area contributed by atoms with Gasteiger partial charge in [-0.25, -0.2) is 14.4 Å². The van der Waals surface area contributed by atoms with E-state index in [9.17, 15) is 24.1 Å². The Morgan fingerprint density at radius 1 is 0.935 bits per heavy atom. The number of amides is 2. The van der Waals surface area contributed by atoms with Crippen molar-refractivity contribution in [2.45, 2.75) is 6.92 Å². The van der Waals surface area contributed by atoms with E-state index in [1.54, 1.807) is 31.2 Å². The van der Waals surface area contributed by atoms with Crippen LogP contribution in [0.4, 0.5) is 21.7 Å². The maximum atomic E-state index is 13.0. The number of hydrogen-bond donors (Lipinski definition) is 4. The Hall–Kier alpha value is -4.61. The first kappa shape index (κ1) is 21.1. The van der Waals surface area contributed by atoms with Crippen molar-refractivity contribution in [1.82, 2.24) is 20.8 Å². The number of anilines is 2. The van der Waals surface area contributed by atoms with Crippen LogP contribution in [0.25, 0.3) is 0 Å². The van der Waals surface area contributed by atoms with Crippen LogP contribution in [0.3, 0.4) is 0 Å². The summed E-state index contributed by atoms with van der Waals surface area (Å²) in [4.78, 5) is 42.7. The van der Waals surface area contributed by atoms with Gasteiger partial charge >= 0.3 is 5.69 Å². The van der Waals surface area contributed by atoms with Crippen molar-refractivity contribution in [1.29, 1.82) is 0 Å². The van der Waals surface area contributed by atoms with Crippen LogP contribution in [0.2, 0.25) is 0 Å². The fourth-order valence-corrected chi connectivity index (χ4v) is 2.54. The summed E-state index contributed by atoms with van der Waals surface area (Å²) < 4.78 is 13.0. The van der Waals surface area contributed by atoms with Crippen LogP contribution >= 0.6 is 0 Å². The Balaban J connectivity index is 1.74.